The van der Waals surface area contributed by atoms with E-state index < -0.39 is 56.6 Å². The molecule has 4 aliphatic carbocycles. The third-order valence-electron chi connectivity index (χ3n) is 10.8. The molecule has 0 radical (unpaired) electrons. The largest absolute Gasteiger partial charge is 0.505 e. The van der Waals surface area contributed by atoms with Crippen molar-refractivity contribution in [2.75, 3.05) is 0 Å². The second-order valence-corrected chi connectivity index (χ2v) is 13.9. The monoisotopic (exact) mass is 514 g/mol. The van der Waals surface area contributed by atoms with Crippen molar-refractivity contribution in [2.45, 2.75) is 92.0 Å². The van der Waals surface area contributed by atoms with Crippen LogP contribution in [0.25, 0.3) is 0 Å². The average Bonchev–Trinajstić information content (AvgIpc) is 2.96. The summed E-state index contributed by atoms with van der Waals surface area (Å²) in [5.41, 5.74) is -5.75. The number of hydrogen-bond donors (Lipinski definition) is 4. The molecular formula is C30H42O7. The van der Waals surface area contributed by atoms with E-state index in [1.807, 2.05) is 26.8 Å². The van der Waals surface area contributed by atoms with Gasteiger partial charge in [-0.2, -0.15) is 0 Å². The van der Waals surface area contributed by atoms with E-state index in [-0.39, 0.29) is 29.7 Å². The van der Waals surface area contributed by atoms with Crippen molar-refractivity contribution in [1.29, 1.82) is 0 Å². The molecule has 7 heteroatoms. The van der Waals surface area contributed by atoms with E-state index in [9.17, 15) is 34.8 Å². The first kappa shape index (κ1) is 27.9. The molecule has 37 heavy (non-hydrogen) atoms. The summed E-state index contributed by atoms with van der Waals surface area (Å²) in [5.74, 6) is -2.98. The number of Topliss-reactive ketones (excluding diaryl/α,β-unsaturated/α-hetero) is 2. The topological polar surface area (TPSA) is 132 Å². The van der Waals surface area contributed by atoms with E-state index in [4.69, 9.17) is 0 Å². The van der Waals surface area contributed by atoms with Gasteiger partial charge in [-0.3, -0.25) is 14.4 Å². The fraction of sp³-hybridized carbons (Fsp3) is 0.700. The Morgan fingerprint density at radius 1 is 1.05 bits per heavy atom. The number of carbonyl (C=O) groups excluding carboxylic acids is 3. The SMILES string of the molecule is CC(C)(O)/C=C\C(=O)[C@](C)(O)[C@@H]1[C@H](O)C[C@]2(C)[C@@H]3CC=C4[C@H](C=C(O)C(=O)C4(C)C)[C@]3(C)C(=O)C[C@]12C. The van der Waals surface area contributed by atoms with Gasteiger partial charge in [0.15, 0.2) is 11.5 Å². The van der Waals surface area contributed by atoms with Crippen molar-refractivity contribution in [3.63, 3.8) is 0 Å². The molecule has 2 saturated carbocycles. The van der Waals surface area contributed by atoms with Gasteiger partial charge < -0.3 is 20.4 Å². The summed E-state index contributed by atoms with van der Waals surface area (Å²) in [6.45, 7) is 13.8. The average molecular weight is 515 g/mol. The van der Waals surface area contributed by atoms with Gasteiger partial charge in [0, 0.05) is 23.7 Å². The highest BCUT2D eigenvalue weighted by Gasteiger charge is 2.74. The molecule has 4 rings (SSSR count). The molecule has 0 bridgehead atoms. The van der Waals surface area contributed by atoms with Gasteiger partial charge in [0.2, 0.25) is 5.78 Å². The van der Waals surface area contributed by atoms with E-state index in [1.54, 1.807) is 13.8 Å². The van der Waals surface area contributed by atoms with E-state index in [0.29, 0.717) is 12.8 Å². The third-order valence-corrected chi connectivity index (χ3v) is 10.8. The predicted octanol–water partition coefficient (Wildman–Crippen LogP) is 3.62. The van der Waals surface area contributed by atoms with Crippen LogP contribution >= 0.6 is 0 Å². The molecule has 0 aliphatic heterocycles. The number of allylic oxidation sites excluding steroid dienone is 4. The molecule has 0 spiro atoms. The summed E-state index contributed by atoms with van der Waals surface area (Å²) in [7, 11) is 0. The highest BCUT2D eigenvalue weighted by molar-refractivity contribution is 6.02. The van der Waals surface area contributed by atoms with Gasteiger partial charge in [-0.05, 0) is 76.4 Å². The molecule has 7 nitrogen and oxygen atoms in total. The minimum atomic E-state index is -1.96. The Morgan fingerprint density at radius 2 is 1.65 bits per heavy atom. The second kappa shape index (κ2) is 7.96. The van der Waals surface area contributed by atoms with Crippen LogP contribution in [-0.2, 0) is 14.4 Å². The highest BCUT2D eigenvalue weighted by Crippen LogP contribution is 2.73. The van der Waals surface area contributed by atoms with Crippen LogP contribution in [0.2, 0.25) is 0 Å². The number of ketones is 3. The summed E-state index contributed by atoms with van der Waals surface area (Å²) in [4.78, 5) is 40.1. The quantitative estimate of drug-likeness (QED) is 0.333. The minimum absolute atomic E-state index is 0.0453. The Bertz CT molecular complexity index is 1150. The molecule has 0 aromatic carbocycles. The minimum Gasteiger partial charge on any atom is -0.505 e. The summed E-state index contributed by atoms with van der Waals surface area (Å²) >= 11 is 0. The Labute approximate surface area is 219 Å². The molecule has 0 saturated heterocycles. The smallest absolute Gasteiger partial charge is 0.206 e. The molecule has 2 fully saturated rings. The number of rotatable bonds is 4. The van der Waals surface area contributed by atoms with Crippen molar-refractivity contribution in [2.24, 2.45) is 39.4 Å². The first-order chi connectivity index (χ1) is 16.7. The summed E-state index contributed by atoms with van der Waals surface area (Å²) in [6.07, 6.45) is 5.85. The van der Waals surface area contributed by atoms with Crippen molar-refractivity contribution in [1.82, 2.24) is 0 Å². The van der Waals surface area contributed by atoms with Gasteiger partial charge in [0.1, 0.15) is 11.4 Å². The summed E-state index contributed by atoms with van der Waals surface area (Å²) in [5, 5.41) is 43.6. The van der Waals surface area contributed by atoms with Gasteiger partial charge in [-0.1, -0.05) is 38.5 Å². The molecule has 0 unspecified atom stereocenters. The molecule has 0 aromatic heterocycles. The van der Waals surface area contributed by atoms with Gasteiger partial charge in [-0.15, -0.1) is 0 Å². The Morgan fingerprint density at radius 3 is 2.22 bits per heavy atom. The molecule has 0 heterocycles. The molecule has 4 N–H and O–H groups in total. The Balaban J connectivity index is 1.82. The molecule has 204 valence electrons. The fourth-order valence-corrected chi connectivity index (χ4v) is 8.58. The van der Waals surface area contributed by atoms with Crippen molar-refractivity contribution >= 4 is 17.3 Å². The van der Waals surface area contributed by atoms with Gasteiger partial charge >= 0.3 is 0 Å². The molecule has 0 amide bonds. The number of carbonyl (C=O) groups is 3. The predicted molar refractivity (Wildman–Crippen MR) is 138 cm³/mol. The highest BCUT2D eigenvalue weighted by atomic mass is 16.3. The maximum Gasteiger partial charge on any atom is 0.206 e. The van der Waals surface area contributed by atoms with Crippen LogP contribution in [0.1, 0.15) is 74.7 Å². The first-order valence-electron chi connectivity index (χ1n) is 13.2. The molecular weight excluding hydrogens is 472 g/mol. The van der Waals surface area contributed by atoms with Crippen LogP contribution in [0.4, 0.5) is 0 Å². The Kier molecular flexibility index (Phi) is 6.01. The number of fused-ring (bicyclic) bond motifs is 5. The zero-order valence-corrected chi connectivity index (χ0v) is 23.3. The lowest BCUT2D eigenvalue weighted by atomic mass is 9.39. The normalized spacial score (nSPS) is 42.9. The number of hydrogen-bond acceptors (Lipinski definition) is 7. The van der Waals surface area contributed by atoms with E-state index in [0.717, 1.165) is 11.6 Å². The molecule has 8 atom stereocenters. The third kappa shape index (κ3) is 3.60. The van der Waals surface area contributed by atoms with Crippen LogP contribution in [0.15, 0.2) is 35.6 Å². The van der Waals surface area contributed by atoms with Crippen LogP contribution in [0, 0.1) is 39.4 Å². The van der Waals surface area contributed by atoms with Crippen molar-refractivity contribution in [3.05, 3.63) is 35.6 Å². The summed E-state index contributed by atoms with van der Waals surface area (Å²) < 4.78 is 0. The van der Waals surface area contributed by atoms with Gasteiger partial charge in [-0.25, -0.2) is 0 Å². The maximum atomic E-state index is 14.2. The standard InChI is InChI=1S/C30H42O7/c1-25(2,36)12-11-21(33)30(8,37)23-19(32)14-27(5)20-10-9-16-17(13-18(31)24(35)26(16,3)4)29(20,7)22(34)15-28(23,27)6/h9,11-13,17,19-20,23,31-32,36-37H,10,14-15H2,1-8H3/b12-11-/t17-,19+,20-,23+,27+,28+,29-,30-/m0/s1. The zero-order valence-electron chi connectivity index (χ0n) is 23.3. The second-order valence-electron chi connectivity index (χ2n) is 13.9. The van der Waals surface area contributed by atoms with E-state index in [1.165, 1.54) is 32.9 Å². The first-order valence-corrected chi connectivity index (χ1v) is 13.2. The lowest BCUT2D eigenvalue weighted by molar-refractivity contribution is -0.179. The van der Waals surface area contributed by atoms with Crippen LogP contribution in [0.5, 0.6) is 0 Å². The van der Waals surface area contributed by atoms with E-state index >= 15 is 0 Å². The van der Waals surface area contributed by atoms with Crippen LogP contribution in [0.3, 0.4) is 0 Å². The van der Waals surface area contributed by atoms with Gasteiger partial charge in [0.05, 0.1) is 17.1 Å². The maximum absolute atomic E-state index is 14.2. The zero-order chi connectivity index (χ0) is 28.1. The molecule has 4 aliphatic rings. The van der Waals surface area contributed by atoms with Crippen molar-refractivity contribution in [3.8, 4) is 0 Å². The van der Waals surface area contributed by atoms with Gasteiger partial charge in [0.25, 0.3) is 0 Å². The number of aliphatic hydroxyl groups excluding tert-OH is 2. The lowest BCUT2D eigenvalue weighted by Crippen LogP contribution is -2.64. The number of aliphatic hydroxyl groups is 4. The molecule has 0 aromatic rings. The van der Waals surface area contributed by atoms with Crippen molar-refractivity contribution < 1.29 is 34.8 Å². The van der Waals surface area contributed by atoms with E-state index in [2.05, 4.69) is 0 Å². The summed E-state index contributed by atoms with van der Waals surface area (Å²) in [6, 6.07) is 0. The van der Waals surface area contributed by atoms with Crippen LogP contribution in [-0.4, -0.2) is 55.1 Å². The lowest BCUT2D eigenvalue weighted by Gasteiger charge is -2.63. The fourth-order valence-electron chi connectivity index (χ4n) is 8.58. The Hall–Kier alpha value is -2.09. The van der Waals surface area contributed by atoms with Crippen LogP contribution < -0.4 is 0 Å².